The monoisotopic (exact) mass is 299 g/mol. The molecule has 2 heterocycles. The summed E-state index contributed by atoms with van der Waals surface area (Å²) in [6, 6.07) is 0. The summed E-state index contributed by atoms with van der Waals surface area (Å²) in [7, 11) is 0. The second-order valence-corrected chi connectivity index (χ2v) is 7.24. The molecule has 0 saturated carbocycles. The van der Waals surface area contributed by atoms with Crippen LogP contribution in [0.25, 0.3) is 0 Å². The van der Waals surface area contributed by atoms with Crippen LogP contribution in [0.2, 0.25) is 0 Å². The molecule has 0 aromatic rings. The third kappa shape index (κ3) is 5.13. The van der Waals surface area contributed by atoms with Crippen LogP contribution < -0.4 is 5.32 Å². The van der Waals surface area contributed by atoms with Gasteiger partial charge < -0.3 is 20.1 Å². The zero-order valence-electron chi connectivity index (χ0n) is 13.5. The van der Waals surface area contributed by atoms with E-state index >= 15 is 0 Å². The van der Waals surface area contributed by atoms with Gasteiger partial charge in [-0.3, -0.25) is 4.90 Å². The van der Waals surface area contributed by atoms with Crippen molar-refractivity contribution in [3.8, 4) is 0 Å². The Morgan fingerprint density at radius 1 is 1.24 bits per heavy atom. The van der Waals surface area contributed by atoms with Crippen molar-refractivity contribution in [2.24, 2.45) is 0 Å². The lowest BCUT2D eigenvalue weighted by Gasteiger charge is -2.39. The number of carbonyl (C=O) groups is 1. The molecule has 122 valence electrons. The number of aliphatic hydroxyl groups is 1. The van der Waals surface area contributed by atoms with E-state index in [1.807, 2.05) is 20.8 Å². The van der Waals surface area contributed by atoms with Gasteiger partial charge in [0.25, 0.3) is 0 Å². The molecule has 0 aromatic carbocycles. The van der Waals surface area contributed by atoms with Gasteiger partial charge in [0.05, 0.1) is 5.60 Å². The van der Waals surface area contributed by atoms with Gasteiger partial charge in [0, 0.05) is 39.3 Å². The Bertz CT molecular complexity index is 356. The molecule has 0 aliphatic carbocycles. The van der Waals surface area contributed by atoms with Gasteiger partial charge in [0.1, 0.15) is 5.60 Å². The van der Waals surface area contributed by atoms with Crippen molar-refractivity contribution in [1.82, 2.24) is 15.1 Å². The number of carbonyl (C=O) groups excluding carboxylic acids is 1. The van der Waals surface area contributed by atoms with E-state index in [0.717, 1.165) is 58.7 Å². The first-order valence-electron chi connectivity index (χ1n) is 7.91. The number of amides is 1. The Morgan fingerprint density at radius 2 is 1.86 bits per heavy atom. The Morgan fingerprint density at radius 3 is 2.33 bits per heavy atom. The maximum atomic E-state index is 12.0. The van der Waals surface area contributed by atoms with Gasteiger partial charge in [-0.05, 0) is 40.2 Å². The highest BCUT2D eigenvalue weighted by Crippen LogP contribution is 2.18. The zero-order valence-corrected chi connectivity index (χ0v) is 13.5. The molecule has 2 fully saturated rings. The minimum Gasteiger partial charge on any atom is -0.444 e. The minimum atomic E-state index is -0.474. The molecule has 2 saturated heterocycles. The lowest BCUT2D eigenvalue weighted by molar-refractivity contribution is -0.0215. The third-order valence-electron chi connectivity index (χ3n) is 4.05. The van der Waals surface area contributed by atoms with Crippen LogP contribution in [0.1, 0.15) is 33.6 Å². The fourth-order valence-corrected chi connectivity index (χ4v) is 2.70. The van der Waals surface area contributed by atoms with Gasteiger partial charge >= 0.3 is 6.09 Å². The molecule has 6 nitrogen and oxygen atoms in total. The van der Waals surface area contributed by atoms with Gasteiger partial charge in [-0.15, -0.1) is 0 Å². The van der Waals surface area contributed by atoms with Crippen LogP contribution in [0.4, 0.5) is 4.79 Å². The molecule has 2 aliphatic rings. The first-order valence-corrected chi connectivity index (χ1v) is 7.91. The molecule has 0 unspecified atom stereocenters. The molecule has 1 amide bonds. The molecular weight excluding hydrogens is 270 g/mol. The van der Waals surface area contributed by atoms with E-state index in [1.54, 1.807) is 4.90 Å². The lowest BCUT2D eigenvalue weighted by Crippen LogP contribution is -2.59. The van der Waals surface area contributed by atoms with E-state index in [0.29, 0.717) is 0 Å². The summed E-state index contributed by atoms with van der Waals surface area (Å²) in [5.41, 5.74) is -0.904. The van der Waals surface area contributed by atoms with Gasteiger partial charge in [0.2, 0.25) is 0 Å². The molecule has 0 bridgehead atoms. The zero-order chi connectivity index (χ0) is 15.5. The summed E-state index contributed by atoms with van der Waals surface area (Å²) >= 11 is 0. The third-order valence-corrected chi connectivity index (χ3v) is 4.05. The van der Waals surface area contributed by atoms with Crippen molar-refractivity contribution in [1.29, 1.82) is 0 Å². The molecule has 2 rings (SSSR count). The molecule has 0 atom stereocenters. The number of rotatable bonds is 4. The highest BCUT2D eigenvalue weighted by Gasteiger charge is 2.33. The summed E-state index contributed by atoms with van der Waals surface area (Å²) < 4.78 is 5.39. The molecule has 6 heteroatoms. The Kier molecular flexibility index (Phi) is 5.11. The average molecular weight is 299 g/mol. The first kappa shape index (κ1) is 16.5. The number of nitrogens with one attached hydrogen (secondary N) is 1. The minimum absolute atomic E-state index is 0.211. The average Bonchev–Trinajstić information content (AvgIpc) is 2.35. The van der Waals surface area contributed by atoms with E-state index in [1.165, 1.54) is 0 Å². The van der Waals surface area contributed by atoms with Gasteiger partial charge in [0.15, 0.2) is 0 Å². The number of piperazine rings is 1. The first-order chi connectivity index (χ1) is 9.77. The topological polar surface area (TPSA) is 65.0 Å². The normalized spacial score (nSPS) is 22.8. The van der Waals surface area contributed by atoms with Crippen LogP contribution in [0, 0.1) is 0 Å². The summed E-state index contributed by atoms with van der Waals surface area (Å²) in [6.07, 6.45) is 1.65. The Hall–Kier alpha value is -0.850. The van der Waals surface area contributed by atoms with E-state index in [9.17, 15) is 9.90 Å². The molecule has 0 spiro atoms. The Labute approximate surface area is 127 Å². The van der Waals surface area contributed by atoms with Crippen LogP contribution >= 0.6 is 0 Å². The second-order valence-electron chi connectivity index (χ2n) is 7.24. The highest BCUT2D eigenvalue weighted by atomic mass is 16.6. The van der Waals surface area contributed by atoms with Gasteiger partial charge in [-0.1, -0.05) is 0 Å². The number of β-amino-alcohol motifs (C(OH)–C–C–N with tert-alkyl or cyclic N) is 1. The predicted molar refractivity (Wildman–Crippen MR) is 81.3 cm³/mol. The molecule has 21 heavy (non-hydrogen) atoms. The van der Waals surface area contributed by atoms with E-state index in [-0.39, 0.29) is 6.09 Å². The number of ether oxygens (including phenoxy) is 1. The standard InChI is InChI=1S/C15H29N3O3/c1-14(2,3)21-13(19)18-9-7-17(8-10-18)6-4-5-15(20)11-16-12-15/h16,20H,4-12H2,1-3H3. The van der Waals surface area contributed by atoms with Gasteiger partial charge in [-0.2, -0.15) is 0 Å². The van der Waals surface area contributed by atoms with Crippen LogP contribution in [0.3, 0.4) is 0 Å². The fraction of sp³-hybridized carbons (Fsp3) is 0.933. The number of hydrogen-bond acceptors (Lipinski definition) is 5. The van der Waals surface area contributed by atoms with Crippen LogP contribution in [-0.4, -0.2) is 78.0 Å². The molecule has 2 N–H and O–H groups in total. The molecule has 0 aromatic heterocycles. The highest BCUT2D eigenvalue weighted by molar-refractivity contribution is 5.68. The van der Waals surface area contributed by atoms with E-state index in [2.05, 4.69) is 10.2 Å². The van der Waals surface area contributed by atoms with Gasteiger partial charge in [-0.25, -0.2) is 4.79 Å². The number of hydrogen-bond donors (Lipinski definition) is 2. The van der Waals surface area contributed by atoms with E-state index < -0.39 is 11.2 Å². The van der Waals surface area contributed by atoms with Crippen molar-refractivity contribution in [3.05, 3.63) is 0 Å². The summed E-state index contributed by atoms with van der Waals surface area (Å²) in [5, 5.41) is 13.1. The number of nitrogens with zero attached hydrogens (tertiary/aromatic N) is 2. The SMILES string of the molecule is CC(C)(C)OC(=O)N1CCN(CCCC2(O)CNC2)CC1. The van der Waals surface area contributed by atoms with Crippen molar-refractivity contribution in [2.45, 2.75) is 44.8 Å². The molecule has 2 aliphatic heterocycles. The van der Waals surface area contributed by atoms with Crippen LogP contribution in [0.5, 0.6) is 0 Å². The molecular formula is C15H29N3O3. The summed E-state index contributed by atoms with van der Waals surface area (Å²) in [5.74, 6) is 0. The smallest absolute Gasteiger partial charge is 0.410 e. The molecule has 0 radical (unpaired) electrons. The van der Waals surface area contributed by atoms with E-state index in [4.69, 9.17) is 4.74 Å². The second kappa shape index (κ2) is 6.50. The largest absolute Gasteiger partial charge is 0.444 e. The lowest BCUT2D eigenvalue weighted by atomic mass is 9.91. The Balaban J connectivity index is 1.62. The summed E-state index contributed by atoms with van der Waals surface area (Å²) in [6.45, 7) is 11.3. The van der Waals surface area contributed by atoms with Crippen molar-refractivity contribution < 1.29 is 14.6 Å². The van der Waals surface area contributed by atoms with Crippen molar-refractivity contribution in [2.75, 3.05) is 45.8 Å². The maximum absolute atomic E-state index is 12.0. The summed E-state index contributed by atoms with van der Waals surface area (Å²) in [4.78, 5) is 16.1. The maximum Gasteiger partial charge on any atom is 0.410 e. The fourth-order valence-electron chi connectivity index (χ4n) is 2.70. The quantitative estimate of drug-likeness (QED) is 0.798. The van der Waals surface area contributed by atoms with Crippen molar-refractivity contribution in [3.63, 3.8) is 0 Å². The van der Waals surface area contributed by atoms with Crippen LogP contribution in [0.15, 0.2) is 0 Å². The van der Waals surface area contributed by atoms with Crippen molar-refractivity contribution >= 4 is 6.09 Å². The predicted octanol–water partition coefficient (Wildman–Crippen LogP) is 0.654. The van der Waals surface area contributed by atoms with Crippen LogP contribution in [-0.2, 0) is 4.74 Å².